The number of carbonyl (C=O) groups is 2. The highest BCUT2D eigenvalue weighted by molar-refractivity contribution is 6.52. The van der Waals surface area contributed by atoms with Gasteiger partial charge in [-0.2, -0.15) is 0 Å². The molecule has 33 heavy (non-hydrogen) atoms. The molecular weight excluding hydrogens is 418 g/mol. The molecular formula is C27H25NO5. The van der Waals surface area contributed by atoms with Crippen LogP contribution in [-0.4, -0.2) is 31.0 Å². The van der Waals surface area contributed by atoms with Crippen LogP contribution in [0.25, 0.3) is 5.76 Å². The molecule has 1 aliphatic heterocycles. The number of ether oxygens (including phenoxy) is 2. The number of para-hydroxylation sites is 2. The number of nitrogens with zero attached hydrogens (tertiary/aromatic N) is 1. The van der Waals surface area contributed by atoms with Crippen LogP contribution in [-0.2, 0) is 9.59 Å². The summed E-state index contributed by atoms with van der Waals surface area (Å²) in [7, 11) is 3.02. The molecule has 3 aromatic carbocycles. The lowest BCUT2D eigenvalue weighted by atomic mass is 9.93. The quantitative estimate of drug-likeness (QED) is 0.343. The number of hydrogen-bond donors (Lipinski definition) is 1. The Hall–Kier alpha value is -4.06. The summed E-state index contributed by atoms with van der Waals surface area (Å²) in [5.74, 6) is -0.882. The van der Waals surface area contributed by atoms with E-state index >= 15 is 0 Å². The number of ketones is 1. The lowest BCUT2D eigenvalue weighted by Gasteiger charge is -2.27. The Morgan fingerprint density at radius 1 is 0.909 bits per heavy atom. The molecule has 1 N–H and O–H groups in total. The maximum absolute atomic E-state index is 13.4. The highest BCUT2D eigenvalue weighted by atomic mass is 16.5. The van der Waals surface area contributed by atoms with Crippen LogP contribution in [0.2, 0.25) is 0 Å². The number of aliphatic hydroxyl groups excluding tert-OH is 1. The predicted molar refractivity (Wildman–Crippen MR) is 127 cm³/mol. The summed E-state index contributed by atoms with van der Waals surface area (Å²) in [6.07, 6.45) is 0. The molecule has 0 radical (unpaired) electrons. The SMILES string of the molecule is COc1ccccc1N1C(=O)C(=O)/C(=C(/O)c2cc(C)cc(C)c2OC)C1c1ccccc1. The molecule has 0 aliphatic carbocycles. The molecule has 168 valence electrons. The normalized spacial score (nSPS) is 17.3. The van der Waals surface area contributed by atoms with Crippen molar-refractivity contribution >= 4 is 23.1 Å². The largest absolute Gasteiger partial charge is 0.507 e. The number of Topliss-reactive ketones (excluding diaryl/α,β-unsaturated/α-hetero) is 1. The van der Waals surface area contributed by atoms with Crippen molar-refractivity contribution in [3.05, 3.63) is 94.6 Å². The number of aryl methyl sites for hydroxylation is 2. The first-order chi connectivity index (χ1) is 15.9. The molecule has 6 nitrogen and oxygen atoms in total. The topological polar surface area (TPSA) is 76.1 Å². The van der Waals surface area contributed by atoms with Crippen molar-refractivity contribution in [3.63, 3.8) is 0 Å². The Kier molecular flexibility index (Phi) is 5.92. The smallest absolute Gasteiger partial charge is 0.300 e. The first-order valence-electron chi connectivity index (χ1n) is 10.5. The van der Waals surface area contributed by atoms with Crippen molar-refractivity contribution in [1.82, 2.24) is 0 Å². The fourth-order valence-corrected chi connectivity index (χ4v) is 4.41. The lowest BCUT2D eigenvalue weighted by Crippen LogP contribution is -2.29. The first kappa shape index (κ1) is 22.1. The number of hydrogen-bond acceptors (Lipinski definition) is 5. The molecule has 6 heteroatoms. The predicted octanol–water partition coefficient (Wildman–Crippen LogP) is 4.95. The molecule has 1 saturated heterocycles. The summed E-state index contributed by atoms with van der Waals surface area (Å²) in [5.41, 5.74) is 3.21. The van der Waals surface area contributed by atoms with Crippen molar-refractivity contribution < 1.29 is 24.2 Å². The van der Waals surface area contributed by atoms with Crippen LogP contribution < -0.4 is 14.4 Å². The van der Waals surface area contributed by atoms with Gasteiger partial charge in [0.1, 0.15) is 17.3 Å². The van der Waals surface area contributed by atoms with Gasteiger partial charge in [-0.3, -0.25) is 14.5 Å². The zero-order chi connectivity index (χ0) is 23.7. The molecule has 1 aliphatic rings. The molecule has 0 bridgehead atoms. The third kappa shape index (κ3) is 3.74. The summed E-state index contributed by atoms with van der Waals surface area (Å²) >= 11 is 0. The molecule has 1 heterocycles. The number of aliphatic hydroxyl groups is 1. The molecule has 1 atom stereocenters. The standard InChI is InChI=1S/C27H25NO5/c1-16-14-17(2)26(33-4)19(15-16)24(29)22-23(18-10-6-5-7-11-18)28(27(31)25(22)30)20-12-8-9-13-21(20)32-3/h5-15,23,29H,1-4H3/b24-22+. The average Bonchev–Trinajstić information content (AvgIpc) is 3.09. The minimum atomic E-state index is -0.840. The van der Waals surface area contributed by atoms with E-state index in [1.165, 1.54) is 19.1 Å². The highest BCUT2D eigenvalue weighted by Gasteiger charge is 2.48. The fourth-order valence-electron chi connectivity index (χ4n) is 4.41. The van der Waals surface area contributed by atoms with Gasteiger partial charge in [-0.25, -0.2) is 0 Å². The van der Waals surface area contributed by atoms with Gasteiger partial charge in [0.2, 0.25) is 0 Å². The van der Waals surface area contributed by atoms with E-state index in [0.29, 0.717) is 28.3 Å². The fraction of sp³-hybridized carbons (Fsp3) is 0.185. The number of amides is 1. The van der Waals surface area contributed by atoms with Crippen LogP contribution >= 0.6 is 0 Å². The van der Waals surface area contributed by atoms with E-state index in [4.69, 9.17) is 9.47 Å². The Bertz CT molecular complexity index is 1260. The lowest BCUT2D eigenvalue weighted by molar-refractivity contribution is -0.132. The maximum Gasteiger partial charge on any atom is 0.300 e. The summed E-state index contributed by atoms with van der Waals surface area (Å²) < 4.78 is 11.0. The van der Waals surface area contributed by atoms with E-state index in [-0.39, 0.29) is 11.3 Å². The van der Waals surface area contributed by atoms with Crippen molar-refractivity contribution in [3.8, 4) is 11.5 Å². The number of methoxy groups -OCH3 is 2. The van der Waals surface area contributed by atoms with Gasteiger partial charge < -0.3 is 14.6 Å². The van der Waals surface area contributed by atoms with E-state index < -0.39 is 17.7 Å². The van der Waals surface area contributed by atoms with Gasteiger partial charge in [-0.15, -0.1) is 0 Å². The third-order valence-corrected chi connectivity index (χ3v) is 5.78. The van der Waals surface area contributed by atoms with Crippen LogP contribution in [0.15, 0.2) is 72.3 Å². The minimum Gasteiger partial charge on any atom is -0.507 e. The van der Waals surface area contributed by atoms with Gasteiger partial charge in [0.05, 0.1) is 37.1 Å². The Labute approximate surface area is 192 Å². The van der Waals surface area contributed by atoms with Crippen LogP contribution in [0.1, 0.15) is 28.3 Å². The Morgan fingerprint density at radius 3 is 2.24 bits per heavy atom. The number of carbonyl (C=O) groups excluding carboxylic acids is 2. The maximum atomic E-state index is 13.4. The van der Waals surface area contributed by atoms with Crippen LogP contribution in [0, 0.1) is 13.8 Å². The van der Waals surface area contributed by atoms with Crippen molar-refractivity contribution in [2.75, 3.05) is 19.1 Å². The molecule has 1 amide bonds. The van der Waals surface area contributed by atoms with Gasteiger partial charge in [0, 0.05) is 0 Å². The van der Waals surface area contributed by atoms with Gasteiger partial charge >= 0.3 is 0 Å². The van der Waals surface area contributed by atoms with Gasteiger partial charge in [0.25, 0.3) is 11.7 Å². The number of anilines is 1. The van der Waals surface area contributed by atoms with Gasteiger partial charge in [-0.1, -0.05) is 48.5 Å². The molecule has 4 rings (SSSR count). The molecule has 0 aromatic heterocycles. The van der Waals surface area contributed by atoms with Crippen LogP contribution in [0.3, 0.4) is 0 Å². The van der Waals surface area contributed by atoms with Crippen LogP contribution in [0.5, 0.6) is 11.5 Å². The summed E-state index contributed by atoms with van der Waals surface area (Å²) in [6.45, 7) is 3.76. The highest BCUT2D eigenvalue weighted by Crippen LogP contribution is 2.45. The Balaban J connectivity index is 2.02. The van der Waals surface area contributed by atoms with Crippen molar-refractivity contribution in [2.45, 2.75) is 19.9 Å². The minimum absolute atomic E-state index is 0.000376. The zero-order valence-electron chi connectivity index (χ0n) is 19.0. The first-order valence-corrected chi connectivity index (χ1v) is 10.5. The van der Waals surface area contributed by atoms with E-state index in [9.17, 15) is 14.7 Å². The molecule has 1 fully saturated rings. The molecule has 0 saturated carbocycles. The second-order valence-electron chi connectivity index (χ2n) is 7.91. The second-order valence-corrected chi connectivity index (χ2v) is 7.91. The molecule has 3 aromatic rings. The van der Waals surface area contributed by atoms with Gasteiger partial charge in [-0.05, 0) is 48.7 Å². The number of rotatable bonds is 5. The van der Waals surface area contributed by atoms with E-state index in [0.717, 1.165) is 11.1 Å². The Morgan fingerprint density at radius 2 is 1.58 bits per heavy atom. The van der Waals surface area contributed by atoms with Crippen molar-refractivity contribution in [2.24, 2.45) is 0 Å². The number of benzene rings is 3. The van der Waals surface area contributed by atoms with E-state index in [1.807, 2.05) is 50.2 Å². The summed E-state index contributed by atoms with van der Waals surface area (Å²) in [6, 6.07) is 19.0. The summed E-state index contributed by atoms with van der Waals surface area (Å²) in [4.78, 5) is 28.1. The summed E-state index contributed by atoms with van der Waals surface area (Å²) in [5, 5.41) is 11.5. The zero-order valence-corrected chi connectivity index (χ0v) is 19.0. The average molecular weight is 443 g/mol. The molecule has 0 spiro atoms. The van der Waals surface area contributed by atoms with Gasteiger partial charge in [0.15, 0.2) is 0 Å². The van der Waals surface area contributed by atoms with E-state index in [2.05, 4.69) is 0 Å². The van der Waals surface area contributed by atoms with E-state index in [1.54, 1.807) is 30.3 Å². The third-order valence-electron chi connectivity index (χ3n) is 5.78. The molecule has 1 unspecified atom stereocenters. The second kappa shape index (κ2) is 8.82. The van der Waals surface area contributed by atoms with Crippen LogP contribution in [0.4, 0.5) is 5.69 Å². The monoisotopic (exact) mass is 443 g/mol. The van der Waals surface area contributed by atoms with Crippen molar-refractivity contribution in [1.29, 1.82) is 0 Å².